The number of hydrogen-bond donors (Lipinski definition) is 0. The molecule has 4 heterocycles. The molecule has 0 saturated carbocycles. The molecule has 15 heteroatoms. The number of ketones is 1. The Bertz CT molecular complexity index is 1800. The van der Waals surface area contributed by atoms with Gasteiger partial charge in [-0.1, -0.05) is 12.1 Å². The van der Waals surface area contributed by atoms with E-state index in [1.807, 2.05) is 0 Å². The number of hydrogen-bond acceptors (Lipinski definition) is 11. The second-order valence-corrected chi connectivity index (χ2v) is 9.00. The van der Waals surface area contributed by atoms with E-state index in [4.69, 9.17) is 0 Å². The molecule has 2 aromatic carbocycles. The van der Waals surface area contributed by atoms with Gasteiger partial charge in [0.25, 0.3) is 35.0 Å². The van der Waals surface area contributed by atoms with Crippen molar-refractivity contribution in [2.24, 2.45) is 0 Å². The molecule has 42 heavy (non-hydrogen) atoms. The fourth-order valence-corrected chi connectivity index (χ4v) is 4.58. The number of pyridine rings is 2. The molecule has 0 spiro atoms. The van der Waals surface area contributed by atoms with Crippen molar-refractivity contribution >= 4 is 52.4 Å². The molecule has 4 aromatic rings. The first-order valence-electron chi connectivity index (χ1n) is 11.9. The lowest BCUT2D eigenvalue weighted by atomic mass is 9.96. The van der Waals surface area contributed by atoms with Crippen molar-refractivity contribution in [3.8, 4) is 0 Å². The second-order valence-electron chi connectivity index (χ2n) is 9.00. The minimum Gasteiger partial charge on any atom is -0.289 e. The highest BCUT2D eigenvalue weighted by Gasteiger charge is 2.40. The first-order valence-corrected chi connectivity index (χ1v) is 11.9. The average molecular weight is 564 g/mol. The Labute approximate surface area is 232 Å². The highest BCUT2D eigenvalue weighted by atomic mass is 16.6. The van der Waals surface area contributed by atoms with Gasteiger partial charge >= 0.3 is 0 Å². The SMILES string of the molecule is O=C(c1ccc2c(c1)C(=O)N(c1ccc([N+](=O)[O-])cn1)C2=O)c1ccc2c(c1)C(=O)N(c1ccc([N+](=O)[O-])cn1)C2=O. The van der Waals surface area contributed by atoms with Crippen molar-refractivity contribution in [3.05, 3.63) is 127 Å². The molecule has 0 bridgehead atoms. The van der Waals surface area contributed by atoms with Crippen LogP contribution >= 0.6 is 0 Å². The topological polar surface area (TPSA) is 204 Å². The van der Waals surface area contributed by atoms with Crippen LogP contribution in [0.2, 0.25) is 0 Å². The molecule has 15 nitrogen and oxygen atoms in total. The average Bonchev–Trinajstić information content (AvgIpc) is 3.40. The quantitative estimate of drug-likeness (QED) is 0.144. The van der Waals surface area contributed by atoms with Crippen molar-refractivity contribution in [1.29, 1.82) is 0 Å². The maximum Gasteiger partial charge on any atom is 0.287 e. The van der Waals surface area contributed by atoms with Gasteiger partial charge < -0.3 is 0 Å². The largest absolute Gasteiger partial charge is 0.289 e. The normalized spacial score (nSPS) is 13.8. The molecule has 0 fully saturated rings. The number of fused-ring (bicyclic) bond motifs is 2. The van der Waals surface area contributed by atoms with E-state index in [-0.39, 0.29) is 56.4 Å². The number of nitro groups is 2. The summed E-state index contributed by atoms with van der Waals surface area (Å²) in [5.74, 6) is -3.89. The molecule has 2 aromatic heterocycles. The van der Waals surface area contributed by atoms with Crippen molar-refractivity contribution in [2.75, 3.05) is 9.80 Å². The van der Waals surface area contributed by atoms with Crippen LogP contribution in [-0.2, 0) is 0 Å². The summed E-state index contributed by atoms with van der Waals surface area (Å²) < 4.78 is 0. The number of aromatic nitrogens is 2. The number of nitrogens with zero attached hydrogens (tertiary/aromatic N) is 6. The smallest absolute Gasteiger partial charge is 0.287 e. The summed E-state index contributed by atoms with van der Waals surface area (Å²) in [4.78, 5) is 94.9. The Morgan fingerprint density at radius 3 is 1.29 bits per heavy atom. The van der Waals surface area contributed by atoms with E-state index in [1.54, 1.807) is 0 Å². The summed E-state index contributed by atoms with van der Waals surface area (Å²) in [6.07, 6.45) is 1.82. The molecule has 6 rings (SSSR count). The summed E-state index contributed by atoms with van der Waals surface area (Å²) in [6.45, 7) is 0. The number of benzene rings is 2. The lowest BCUT2D eigenvalue weighted by Crippen LogP contribution is -2.30. The molecule has 4 amide bonds. The van der Waals surface area contributed by atoms with Crippen LogP contribution in [0.15, 0.2) is 73.1 Å². The van der Waals surface area contributed by atoms with E-state index >= 15 is 0 Å². The third-order valence-electron chi connectivity index (χ3n) is 6.64. The van der Waals surface area contributed by atoms with Crippen LogP contribution < -0.4 is 9.80 Å². The van der Waals surface area contributed by atoms with Crippen LogP contribution in [0.4, 0.5) is 23.0 Å². The van der Waals surface area contributed by atoms with Crippen LogP contribution in [0.25, 0.3) is 0 Å². The molecular formula is C27H12N6O9. The van der Waals surface area contributed by atoms with Gasteiger partial charge in [0.1, 0.15) is 24.0 Å². The summed E-state index contributed by atoms with van der Waals surface area (Å²) >= 11 is 0. The van der Waals surface area contributed by atoms with Crippen LogP contribution in [0.1, 0.15) is 57.4 Å². The molecule has 0 atom stereocenters. The van der Waals surface area contributed by atoms with E-state index in [0.29, 0.717) is 0 Å². The Morgan fingerprint density at radius 1 is 0.571 bits per heavy atom. The molecule has 204 valence electrons. The van der Waals surface area contributed by atoms with E-state index < -0.39 is 39.3 Å². The van der Waals surface area contributed by atoms with Gasteiger partial charge in [-0.25, -0.2) is 19.8 Å². The minimum atomic E-state index is -0.785. The van der Waals surface area contributed by atoms with Crippen molar-refractivity contribution in [2.45, 2.75) is 0 Å². The van der Waals surface area contributed by atoms with Gasteiger partial charge in [-0.2, -0.15) is 0 Å². The van der Waals surface area contributed by atoms with E-state index in [9.17, 15) is 44.2 Å². The Morgan fingerprint density at radius 2 is 0.952 bits per heavy atom. The van der Waals surface area contributed by atoms with Crippen molar-refractivity contribution in [3.63, 3.8) is 0 Å². The lowest BCUT2D eigenvalue weighted by molar-refractivity contribution is -0.385. The molecular weight excluding hydrogens is 552 g/mol. The number of anilines is 2. The fourth-order valence-electron chi connectivity index (χ4n) is 4.58. The van der Waals surface area contributed by atoms with E-state index in [1.165, 1.54) is 36.4 Å². The number of imide groups is 2. The lowest BCUT2D eigenvalue weighted by Gasteiger charge is -2.11. The highest BCUT2D eigenvalue weighted by molar-refractivity contribution is 6.35. The fraction of sp³-hybridized carbons (Fsp3) is 0. The monoisotopic (exact) mass is 564 g/mol. The molecule has 0 unspecified atom stereocenters. The minimum absolute atomic E-state index is 0.00216. The Balaban J connectivity index is 1.28. The van der Waals surface area contributed by atoms with Crippen LogP contribution in [0, 0.1) is 20.2 Å². The third kappa shape index (κ3) is 3.88. The zero-order chi connectivity index (χ0) is 29.9. The summed E-state index contributed by atoms with van der Waals surface area (Å²) in [5, 5.41) is 21.8. The van der Waals surface area contributed by atoms with E-state index in [2.05, 4.69) is 9.97 Å². The van der Waals surface area contributed by atoms with Gasteiger partial charge in [0.2, 0.25) is 0 Å². The Kier molecular flexibility index (Phi) is 5.70. The van der Waals surface area contributed by atoms with Gasteiger partial charge in [-0.05, 0) is 36.4 Å². The third-order valence-corrected chi connectivity index (χ3v) is 6.64. The predicted octanol–water partition coefficient (Wildman–Crippen LogP) is 3.13. The molecule has 0 saturated heterocycles. The molecule has 0 N–H and O–H groups in total. The Hall–Kier alpha value is -6.51. The first kappa shape index (κ1) is 25.8. The molecule has 0 radical (unpaired) electrons. The number of carbonyl (C=O) groups is 5. The molecule has 2 aliphatic heterocycles. The number of amides is 4. The summed E-state index contributed by atoms with van der Waals surface area (Å²) in [6, 6.07) is 12.2. The standard InChI is InChI=1S/C27H12N6O9/c34-23(13-1-5-17-19(9-13)26(37)30(24(17)35)21-7-3-15(11-28-21)32(39)40)14-2-6-18-20(10-14)27(38)31(25(18)36)22-8-4-16(12-29-22)33(41)42/h1-12H. The van der Waals surface area contributed by atoms with Gasteiger partial charge in [0.15, 0.2) is 5.78 Å². The number of carbonyl (C=O) groups excluding carboxylic acids is 5. The van der Waals surface area contributed by atoms with Crippen LogP contribution in [-0.4, -0.2) is 49.2 Å². The first-order chi connectivity index (χ1) is 20.1. The van der Waals surface area contributed by atoms with Crippen LogP contribution in [0.5, 0.6) is 0 Å². The van der Waals surface area contributed by atoms with Crippen molar-refractivity contribution < 1.29 is 33.8 Å². The van der Waals surface area contributed by atoms with Gasteiger partial charge in [-0.15, -0.1) is 0 Å². The van der Waals surface area contributed by atoms with Crippen molar-refractivity contribution in [1.82, 2.24) is 9.97 Å². The maximum atomic E-state index is 13.4. The van der Waals surface area contributed by atoms with Gasteiger partial charge in [-0.3, -0.25) is 44.2 Å². The van der Waals surface area contributed by atoms with Crippen LogP contribution in [0.3, 0.4) is 0 Å². The van der Waals surface area contributed by atoms with Gasteiger partial charge in [0.05, 0.1) is 32.1 Å². The van der Waals surface area contributed by atoms with Gasteiger partial charge in [0, 0.05) is 23.3 Å². The van der Waals surface area contributed by atoms with E-state index in [0.717, 1.165) is 46.5 Å². The maximum absolute atomic E-state index is 13.4. The molecule has 2 aliphatic rings. The zero-order valence-electron chi connectivity index (χ0n) is 20.8. The second kappa shape index (κ2) is 9.30. The summed E-state index contributed by atoms with van der Waals surface area (Å²) in [5.41, 5.74) is -0.814. The highest BCUT2D eigenvalue weighted by Crippen LogP contribution is 2.31. The zero-order valence-corrected chi connectivity index (χ0v) is 20.8. The summed E-state index contributed by atoms with van der Waals surface area (Å²) in [7, 11) is 0. The molecule has 0 aliphatic carbocycles. The predicted molar refractivity (Wildman–Crippen MR) is 140 cm³/mol. The number of rotatable bonds is 6.